The first-order chi connectivity index (χ1) is 8.27. The molecule has 2 rings (SSSR count). The summed E-state index contributed by atoms with van der Waals surface area (Å²) in [6.07, 6.45) is 0. The molecule has 0 saturated carbocycles. The average Bonchev–Trinajstić information content (AvgIpc) is 2.38. The van der Waals surface area contributed by atoms with Crippen molar-refractivity contribution in [1.82, 2.24) is 0 Å². The van der Waals surface area contributed by atoms with E-state index in [9.17, 15) is 10.1 Å². The molecule has 0 spiro atoms. The van der Waals surface area contributed by atoms with E-state index in [-0.39, 0.29) is 12.3 Å². The predicted octanol–water partition coefficient (Wildman–Crippen LogP) is 2.97. The van der Waals surface area contributed by atoms with Crippen molar-refractivity contribution in [3.63, 3.8) is 0 Å². The Balaban J connectivity index is 2.12. The Bertz CT molecular complexity index is 511. The first kappa shape index (κ1) is 11.1. The molecule has 0 aromatic heterocycles. The van der Waals surface area contributed by atoms with E-state index in [1.165, 1.54) is 6.07 Å². The minimum absolute atomic E-state index is 0.0726. The monoisotopic (exact) mass is 228 g/mol. The van der Waals surface area contributed by atoms with E-state index in [2.05, 4.69) is 6.07 Å². The first-order valence-corrected chi connectivity index (χ1v) is 5.09. The van der Waals surface area contributed by atoms with Crippen LogP contribution in [0, 0.1) is 16.2 Å². The molecule has 0 fully saturated rings. The van der Waals surface area contributed by atoms with Crippen molar-refractivity contribution in [3.8, 4) is 5.75 Å². The Hall–Kier alpha value is -2.36. The zero-order valence-corrected chi connectivity index (χ0v) is 9.00. The molecule has 1 radical (unpaired) electrons. The maximum Gasteiger partial charge on any atom is 0.276 e. The van der Waals surface area contributed by atoms with Crippen molar-refractivity contribution >= 4 is 5.69 Å². The highest BCUT2D eigenvalue weighted by Gasteiger charge is 2.12. The second-order valence-electron chi connectivity index (χ2n) is 3.40. The van der Waals surface area contributed by atoms with Gasteiger partial charge in [0.2, 0.25) is 0 Å². The third-order valence-electron chi connectivity index (χ3n) is 2.25. The molecule has 2 aromatic carbocycles. The summed E-state index contributed by atoms with van der Waals surface area (Å²) >= 11 is 0. The molecule has 0 aliphatic carbocycles. The maximum atomic E-state index is 10.8. The van der Waals surface area contributed by atoms with Gasteiger partial charge < -0.3 is 4.74 Å². The molecular weight excluding hydrogens is 218 g/mol. The Morgan fingerprint density at radius 2 is 1.94 bits per heavy atom. The van der Waals surface area contributed by atoms with Crippen molar-refractivity contribution < 1.29 is 9.66 Å². The number of ether oxygens (including phenoxy) is 1. The second kappa shape index (κ2) is 5.12. The summed E-state index contributed by atoms with van der Waals surface area (Å²) in [5.41, 5.74) is 0.623. The normalized spacial score (nSPS) is 9.88. The topological polar surface area (TPSA) is 52.4 Å². The van der Waals surface area contributed by atoms with Gasteiger partial charge in [-0.2, -0.15) is 0 Å². The zero-order chi connectivity index (χ0) is 12.1. The molecule has 4 nitrogen and oxygen atoms in total. The Kier molecular flexibility index (Phi) is 3.35. The highest BCUT2D eigenvalue weighted by Crippen LogP contribution is 2.19. The molecule has 0 saturated heterocycles. The smallest absolute Gasteiger partial charge is 0.276 e. The Morgan fingerprint density at radius 1 is 1.18 bits per heavy atom. The van der Waals surface area contributed by atoms with E-state index >= 15 is 0 Å². The van der Waals surface area contributed by atoms with Gasteiger partial charge in [0, 0.05) is 12.1 Å². The molecule has 0 unspecified atom stereocenters. The maximum absolute atomic E-state index is 10.8. The van der Waals surface area contributed by atoms with Crippen LogP contribution in [0.3, 0.4) is 0 Å². The van der Waals surface area contributed by atoms with Gasteiger partial charge in [0.15, 0.2) is 0 Å². The van der Waals surface area contributed by atoms with Crippen LogP contribution in [-0.2, 0) is 6.61 Å². The summed E-state index contributed by atoms with van der Waals surface area (Å²) in [5, 5.41) is 10.8. The van der Waals surface area contributed by atoms with Crippen LogP contribution in [0.25, 0.3) is 0 Å². The highest BCUT2D eigenvalue weighted by molar-refractivity contribution is 5.39. The molecule has 0 heterocycles. The molecular formula is C13H10NO3. The molecule has 17 heavy (non-hydrogen) atoms. The third kappa shape index (κ3) is 2.81. The number of hydrogen-bond acceptors (Lipinski definition) is 3. The van der Waals surface area contributed by atoms with Gasteiger partial charge in [-0.15, -0.1) is 0 Å². The third-order valence-corrected chi connectivity index (χ3v) is 2.25. The number of para-hydroxylation sites is 2. The first-order valence-electron chi connectivity index (χ1n) is 5.09. The molecule has 0 atom stereocenters. The second-order valence-corrected chi connectivity index (χ2v) is 3.40. The quantitative estimate of drug-likeness (QED) is 0.597. The predicted molar refractivity (Wildman–Crippen MR) is 62.7 cm³/mol. The van der Waals surface area contributed by atoms with Crippen molar-refractivity contribution in [2.75, 3.05) is 0 Å². The minimum atomic E-state index is -0.409. The van der Waals surface area contributed by atoms with Crippen LogP contribution in [0.2, 0.25) is 0 Å². The van der Waals surface area contributed by atoms with Gasteiger partial charge in [-0.3, -0.25) is 10.1 Å². The summed E-state index contributed by atoms with van der Waals surface area (Å²) in [4.78, 5) is 10.4. The largest absolute Gasteiger partial charge is 0.488 e. The molecule has 4 heteroatoms. The standard InChI is InChI=1S/C13H10NO3/c15-14(16)13-9-5-4-6-11(13)10-17-12-7-2-1-3-8-12/h1-7,9H,10H2. The molecule has 0 N–H and O–H groups in total. The van der Waals surface area contributed by atoms with Crippen LogP contribution < -0.4 is 4.74 Å². The van der Waals surface area contributed by atoms with E-state index < -0.39 is 4.92 Å². The molecule has 85 valence electrons. The van der Waals surface area contributed by atoms with Crippen molar-refractivity contribution in [2.24, 2.45) is 0 Å². The number of nitrogens with zero attached hydrogens (tertiary/aromatic N) is 1. The fourth-order valence-corrected chi connectivity index (χ4v) is 1.43. The summed E-state index contributed by atoms with van der Waals surface area (Å²) in [6, 6.07) is 16.6. The molecule has 2 aromatic rings. The number of benzene rings is 2. The van der Waals surface area contributed by atoms with Crippen molar-refractivity contribution in [3.05, 3.63) is 70.3 Å². The lowest BCUT2D eigenvalue weighted by Crippen LogP contribution is -2.00. The molecule has 0 bridgehead atoms. The van der Waals surface area contributed by atoms with Crippen LogP contribution in [-0.4, -0.2) is 4.92 Å². The van der Waals surface area contributed by atoms with Crippen LogP contribution in [0.15, 0.2) is 48.5 Å². The van der Waals surface area contributed by atoms with Gasteiger partial charge in [0.05, 0.1) is 10.5 Å². The van der Waals surface area contributed by atoms with E-state index in [0.29, 0.717) is 11.3 Å². The Labute approximate surface area is 98.6 Å². The Morgan fingerprint density at radius 3 is 2.65 bits per heavy atom. The summed E-state index contributed by atoms with van der Waals surface area (Å²) in [5.74, 6) is 0.575. The average molecular weight is 228 g/mol. The van der Waals surface area contributed by atoms with Gasteiger partial charge in [0.1, 0.15) is 12.4 Å². The van der Waals surface area contributed by atoms with Crippen LogP contribution in [0.4, 0.5) is 5.69 Å². The lowest BCUT2D eigenvalue weighted by atomic mass is 10.2. The number of nitro groups is 1. The molecule has 0 amide bonds. The van der Waals surface area contributed by atoms with Gasteiger partial charge >= 0.3 is 0 Å². The summed E-state index contributed by atoms with van der Waals surface area (Å²) in [6.45, 7) is 0.164. The SMILES string of the molecule is O=[N+]([O-])c1ccccc1COc1[c]cccc1. The van der Waals surface area contributed by atoms with E-state index in [1.807, 2.05) is 12.1 Å². The number of hydrogen-bond donors (Lipinski definition) is 0. The van der Waals surface area contributed by atoms with E-state index in [4.69, 9.17) is 4.74 Å². The van der Waals surface area contributed by atoms with E-state index in [1.54, 1.807) is 30.3 Å². The van der Waals surface area contributed by atoms with E-state index in [0.717, 1.165) is 0 Å². The molecule has 0 aliphatic heterocycles. The highest BCUT2D eigenvalue weighted by atomic mass is 16.6. The van der Waals surface area contributed by atoms with Crippen molar-refractivity contribution in [2.45, 2.75) is 6.61 Å². The van der Waals surface area contributed by atoms with Gasteiger partial charge in [0.25, 0.3) is 5.69 Å². The van der Waals surface area contributed by atoms with Crippen molar-refractivity contribution in [1.29, 1.82) is 0 Å². The van der Waals surface area contributed by atoms with Crippen LogP contribution >= 0.6 is 0 Å². The van der Waals surface area contributed by atoms with Crippen LogP contribution in [0.1, 0.15) is 5.56 Å². The fourth-order valence-electron chi connectivity index (χ4n) is 1.43. The van der Waals surface area contributed by atoms with Gasteiger partial charge in [-0.25, -0.2) is 0 Å². The molecule has 0 aliphatic rings. The number of nitro benzene ring substituents is 1. The number of rotatable bonds is 4. The van der Waals surface area contributed by atoms with Gasteiger partial charge in [-0.1, -0.05) is 30.3 Å². The lowest BCUT2D eigenvalue weighted by Gasteiger charge is -2.05. The fraction of sp³-hybridized carbons (Fsp3) is 0.0769. The minimum Gasteiger partial charge on any atom is -0.488 e. The lowest BCUT2D eigenvalue weighted by molar-refractivity contribution is -0.385. The summed E-state index contributed by atoms with van der Waals surface area (Å²) < 4.78 is 5.42. The van der Waals surface area contributed by atoms with Crippen LogP contribution in [0.5, 0.6) is 5.75 Å². The summed E-state index contributed by atoms with van der Waals surface area (Å²) in [7, 11) is 0. The zero-order valence-electron chi connectivity index (χ0n) is 9.00. The van der Waals surface area contributed by atoms with Gasteiger partial charge in [-0.05, 0) is 12.1 Å².